The molecule has 0 spiro atoms. The Balaban J connectivity index is 0.000000123. The van der Waals surface area contributed by atoms with Crippen LogP contribution in [0, 0.1) is 11.8 Å². The van der Waals surface area contributed by atoms with Gasteiger partial charge in [-0.3, -0.25) is 19.0 Å². The van der Waals surface area contributed by atoms with Gasteiger partial charge in [-0.05, 0) is 60.0 Å². The van der Waals surface area contributed by atoms with Crippen molar-refractivity contribution < 1.29 is 23.3 Å². The van der Waals surface area contributed by atoms with Crippen molar-refractivity contribution in [2.45, 2.75) is 45.9 Å². The van der Waals surface area contributed by atoms with Gasteiger partial charge in [0.25, 0.3) is 0 Å². The van der Waals surface area contributed by atoms with Crippen LogP contribution in [-0.2, 0) is 33.0 Å². The largest absolute Gasteiger partial charge is 0.600 e. The van der Waals surface area contributed by atoms with Crippen molar-refractivity contribution in [3.8, 4) is 0 Å². The standard InChI is InChI=1S/C12H14N2.C9H14BNO4.C8H7BrN2.CH4/c1-8-5-11(8)9-3-4-12-10(6-9)7-13-14(12)2;1-6-3-7(6)10-11(2,4-8(12)14-10)5-9(13)15-10;1-11-8-3-2-7(9)4-6(8)5-10-11;/h3-4,6-8,11H,5H2,1-2H3;6-7H,3-5H2,1-2H3;2-5H,1H3;1H4/t8-,11-;6-,7-,10?,11?;;/m11../s1. The molecule has 0 N–H and O–H groups in total. The van der Waals surface area contributed by atoms with Crippen LogP contribution in [0.15, 0.2) is 53.3 Å². The van der Waals surface area contributed by atoms with Gasteiger partial charge in [-0.15, -0.1) is 0 Å². The number of rotatable bonds is 2. The minimum Gasteiger partial charge on any atom is -0.600 e. The first-order valence-electron chi connectivity index (χ1n) is 13.9. The fourth-order valence-corrected chi connectivity index (χ4v) is 6.92. The second-order valence-electron chi connectivity index (χ2n) is 12.3. The SMILES string of the molecule is C.C[C@@H]1C[C@H]1[B-]12OC(=O)C[N+]1(C)CC(=O)O2.C[C@@H]1C[C@H]1c1ccc2c(cnn2C)c1.Cn1ncc2cc(Br)ccc21. The molecule has 0 amide bonds. The molecule has 0 unspecified atom stereocenters. The van der Waals surface area contributed by atoms with E-state index < -0.39 is 6.69 Å². The minimum atomic E-state index is -1.73. The molecule has 4 fully saturated rings. The first kappa shape index (κ1) is 29.3. The summed E-state index contributed by atoms with van der Waals surface area (Å²) in [7, 11) is 5.82. The monoisotopic (exact) mass is 623 g/mol. The second-order valence-corrected chi connectivity index (χ2v) is 13.2. The first-order chi connectivity index (χ1) is 19.0. The second kappa shape index (κ2) is 10.6. The van der Waals surface area contributed by atoms with Crippen molar-refractivity contribution in [1.29, 1.82) is 0 Å². The van der Waals surface area contributed by atoms with E-state index in [9.17, 15) is 9.59 Å². The zero-order valence-electron chi connectivity index (χ0n) is 23.6. The van der Waals surface area contributed by atoms with Gasteiger partial charge >= 0.3 is 18.6 Å². The average Bonchev–Trinajstić information content (AvgIpc) is 3.66. The quantitative estimate of drug-likeness (QED) is 0.272. The Bertz CT molecular complexity index is 1610. The van der Waals surface area contributed by atoms with Crippen LogP contribution in [0.1, 0.15) is 45.6 Å². The predicted octanol–water partition coefficient (Wildman–Crippen LogP) is 5.56. The molecule has 0 radical (unpaired) electrons. The molecule has 2 aromatic heterocycles. The Morgan fingerprint density at radius 1 is 0.878 bits per heavy atom. The van der Waals surface area contributed by atoms with Gasteiger partial charge in [0.2, 0.25) is 0 Å². The predicted molar refractivity (Wildman–Crippen MR) is 164 cm³/mol. The highest BCUT2D eigenvalue weighted by Crippen LogP contribution is 2.57. The summed E-state index contributed by atoms with van der Waals surface area (Å²) < 4.78 is 16.0. The van der Waals surface area contributed by atoms with Gasteiger partial charge in [-0.25, -0.2) is 0 Å². The Labute approximate surface area is 249 Å². The number of carbonyl (C=O) groups is 2. The highest BCUT2D eigenvalue weighted by Gasteiger charge is 2.73. The molecule has 2 aliphatic heterocycles. The number of halogens is 1. The summed E-state index contributed by atoms with van der Waals surface area (Å²) in [5.41, 5.74) is 3.87. The maximum atomic E-state index is 11.4. The van der Waals surface area contributed by atoms with E-state index in [4.69, 9.17) is 9.31 Å². The van der Waals surface area contributed by atoms with Crippen LogP contribution in [0.2, 0.25) is 5.82 Å². The van der Waals surface area contributed by atoms with E-state index in [1.807, 2.05) is 55.0 Å². The van der Waals surface area contributed by atoms with Crippen LogP contribution >= 0.6 is 15.9 Å². The lowest BCUT2D eigenvalue weighted by Gasteiger charge is -2.40. The lowest BCUT2D eigenvalue weighted by atomic mass is 9.61. The zero-order valence-corrected chi connectivity index (χ0v) is 25.2. The minimum absolute atomic E-state index is 0. The number of quaternary nitrogens is 1. The topological polar surface area (TPSA) is 88.2 Å². The molecular formula is C30H39BBrN5O4. The number of fused-ring (bicyclic) bond motifs is 3. The highest BCUT2D eigenvalue weighted by molar-refractivity contribution is 9.10. The fraction of sp³-hybridized carbons (Fsp3) is 0.467. The molecule has 4 aliphatic rings. The number of carbonyl (C=O) groups excluding carboxylic acids is 2. The van der Waals surface area contributed by atoms with Crippen molar-refractivity contribution in [3.05, 3.63) is 58.8 Å². The van der Waals surface area contributed by atoms with Crippen molar-refractivity contribution in [1.82, 2.24) is 19.6 Å². The number of benzene rings is 2. The van der Waals surface area contributed by atoms with Gasteiger partial charge in [0.15, 0.2) is 0 Å². The molecule has 2 aliphatic carbocycles. The molecule has 2 saturated heterocycles. The van der Waals surface area contributed by atoms with E-state index >= 15 is 0 Å². The molecular weight excluding hydrogens is 585 g/mol. The summed E-state index contributed by atoms with van der Waals surface area (Å²) >= 11 is 3.40. The van der Waals surface area contributed by atoms with Gasteiger partial charge < -0.3 is 13.7 Å². The van der Waals surface area contributed by atoms with Gasteiger partial charge in [0.05, 0.1) is 23.4 Å². The maximum Gasteiger partial charge on any atom is 0.587 e. The number of nitrogens with zero attached hydrogens (tertiary/aromatic N) is 5. The summed E-state index contributed by atoms with van der Waals surface area (Å²) in [6.07, 6.45) is 6.16. The van der Waals surface area contributed by atoms with Crippen LogP contribution in [0.3, 0.4) is 0 Å². The first-order valence-corrected chi connectivity index (χ1v) is 14.7. The molecule has 11 heteroatoms. The number of aryl methyl sites for hydroxylation is 2. The summed E-state index contributed by atoms with van der Waals surface area (Å²) in [5.74, 6) is 1.96. The van der Waals surface area contributed by atoms with Crippen LogP contribution in [0.25, 0.3) is 21.8 Å². The van der Waals surface area contributed by atoms with Crippen molar-refractivity contribution in [3.63, 3.8) is 0 Å². The average molecular weight is 624 g/mol. The molecule has 41 heavy (non-hydrogen) atoms. The van der Waals surface area contributed by atoms with Gasteiger partial charge in [0.1, 0.15) is 13.1 Å². The molecule has 2 saturated carbocycles. The number of aromatic nitrogens is 4. The number of hydrogen-bond donors (Lipinski definition) is 0. The van der Waals surface area contributed by atoms with Gasteiger partial charge in [-0.2, -0.15) is 10.2 Å². The van der Waals surface area contributed by atoms with E-state index in [0.717, 1.165) is 28.2 Å². The van der Waals surface area contributed by atoms with Crippen LogP contribution < -0.4 is 0 Å². The van der Waals surface area contributed by atoms with Crippen molar-refractivity contribution in [2.24, 2.45) is 25.9 Å². The van der Waals surface area contributed by atoms with E-state index in [0.29, 0.717) is 10.3 Å². The molecule has 218 valence electrons. The van der Waals surface area contributed by atoms with Crippen molar-refractivity contribution >= 4 is 56.4 Å². The van der Waals surface area contributed by atoms with E-state index in [2.05, 4.69) is 64.2 Å². The molecule has 4 atom stereocenters. The smallest absolute Gasteiger partial charge is 0.587 e. The van der Waals surface area contributed by atoms with Crippen LogP contribution in [0.5, 0.6) is 0 Å². The van der Waals surface area contributed by atoms with E-state index in [1.165, 1.54) is 28.3 Å². The molecule has 0 bridgehead atoms. The molecule has 9 nitrogen and oxygen atoms in total. The summed E-state index contributed by atoms with van der Waals surface area (Å²) in [4.78, 5) is 22.8. The van der Waals surface area contributed by atoms with Crippen LogP contribution in [0.4, 0.5) is 0 Å². The summed E-state index contributed by atoms with van der Waals surface area (Å²) in [6, 6.07) is 12.8. The molecule has 4 aromatic rings. The van der Waals surface area contributed by atoms with Gasteiger partial charge in [-0.1, -0.05) is 55.6 Å². The Morgan fingerprint density at radius 3 is 1.90 bits per heavy atom. The summed E-state index contributed by atoms with van der Waals surface area (Å²) in [5, 5.41) is 10.8. The zero-order chi connectivity index (χ0) is 28.4. The maximum absolute atomic E-state index is 11.4. The lowest BCUT2D eigenvalue weighted by Crippen LogP contribution is -2.60. The van der Waals surface area contributed by atoms with E-state index in [-0.39, 0.29) is 38.3 Å². The molecule has 2 aromatic carbocycles. The third-order valence-electron chi connectivity index (χ3n) is 9.18. The highest BCUT2D eigenvalue weighted by atomic mass is 79.9. The van der Waals surface area contributed by atoms with Crippen molar-refractivity contribution in [2.75, 3.05) is 20.1 Å². The summed E-state index contributed by atoms with van der Waals surface area (Å²) in [6.45, 7) is 3.23. The molecule has 4 heterocycles. The Kier molecular flexibility index (Phi) is 7.57. The fourth-order valence-electron chi connectivity index (χ4n) is 6.54. The normalized spacial score (nSPS) is 30.8. The van der Waals surface area contributed by atoms with Gasteiger partial charge in [0, 0.05) is 36.4 Å². The lowest BCUT2D eigenvalue weighted by molar-refractivity contribution is -0.794. The Hall–Kier alpha value is -3.18. The third kappa shape index (κ3) is 5.30. The third-order valence-corrected chi connectivity index (χ3v) is 9.67. The van der Waals surface area contributed by atoms with E-state index in [1.54, 1.807) is 0 Å². The molecule has 8 rings (SSSR count). The number of likely N-dealkylation sites (N-methyl/N-ethyl adjacent to an activating group) is 1. The number of hydrogen-bond acceptors (Lipinski definition) is 6. The Morgan fingerprint density at radius 2 is 1.39 bits per heavy atom. The van der Waals surface area contributed by atoms with Crippen LogP contribution in [-0.4, -0.2) is 62.7 Å².